The zero-order valence-electron chi connectivity index (χ0n) is 8.34. The van der Waals surface area contributed by atoms with Gasteiger partial charge in [0.1, 0.15) is 0 Å². The summed E-state index contributed by atoms with van der Waals surface area (Å²) in [5.41, 5.74) is 0.414. The minimum atomic E-state index is -0.443. The Morgan fingerprint density at radius 1 is 1.12 bits per heavy atom. The number of hydrogen-bond donors (Lipinski definition) is 1. The van der Waals surface area contributed by atoms with Gasteiger partial charge in [-0.1, -0.05) is 23.2 Å². The normalized spacial score (nSPS) is 10.3. The van der Waals surface area contributed by atoms with E-state index in [9.17, 15) is 4.79 Å². The van der Waals surface area contributed by atoms with Gasteiger partial charge >= 0.3 is 0 Å². The van der Waals surface area contributed by atoms with Gasteiger partial charge in [-0.05, 0) is 41.9 Å². The molecule has 1 N–H and O–H groups in total. The molecular weight excluding hydrogens is 284 g/mol. The fourth-order valence-electron chi connectivity index (χ4n) is 1.21. The van der Waals surface area contributed by atoms with Gasteiger partial charge in [-0.3, -0.25) is 4.79 Å². The van der Waals surface area contributed by atoms with Gasteiger partial charge in [0.2, 0.25) is 0 Å². The van der Waals surface area contributed by atoms with E-state index in [1.165, 1.54) is 12.1 Å². The number of benzene rings is 1. The van der Waals surface area contributed by atoms with Crippen LogP contribution in [0.15, 0.2) is 34.7 Å². The first-order chi connectivity index (χ1) is 8.06. The van der Waals surface area contributed by atoms with Crippen LogP contribution in [0.4, 0.5) is 5.69 Å². The third-order valence-corrected chi connectivity index (χ3v) is 2.74. The Hall–Kier alpha value is -1.16. The molecule has 0 radical (unpaired) electrons. The maximum atomic E-state index is 11.7. The van der Waals surface area contributed by atoms with Crippen molar-refractivity contribution < 1.29 is 9.21 Å². The maximum absolute atomic E-state index is 11.7. The summed E-state index contributed by atoms with van der Waals surface area (Å²) in [6.45, 7) is 0. The van der Waals surface area contributed by atoms with E-state index in [4.69, 9.17) is 39.2 Å². The zero-order valence-corrected chi connectivity index (χ0v) is 10.6. The van der Waals surface area contributed by atoms with Crippen LogP contribution >= 0.6 is 34.8 Å². The molecule has 0 atom stereocenters. The van der Waals surface area contributed by atoms with E-state index in [0.717, 1.165) is 0 Å². The first-order valence-corrected chi connectivity index (χ1v) is 5.71. The van der Waals surface area contributed by atoms with Crippen molar-refractivity contribution in [2.24, 2.45) is 0 Å². The van der Waals surface area contributed by atoms with E-state index < -0.39 is 5.91 Å². The zero-order chi connectivity index (χ0) is 12.4. The molecule has 0 unspecified atom stereocenters. The molecule has 2 aromatic rings. The van der Waals surface area contributed by atoms with Gasteiger partial charge in [0.25, 0.3) is 5.91 Å². The number of halogens is 3. The Labute approximate surface area is 112 Å². The van der Waals surface area contributed by atoms with Crippen LogP contribution in [-0.4, -0.2) is 5.91 Å². The van der Waals surface area contributed by atoms with Crippen molar-refractivity contribution in [2.45, 2.75) is 0 Å². The predicted octanol–water partition coefficient (Wildman–Crippen LogP) is 4.49. The molecule has 88 valence electrons. The molecule has 1 amide bonds. The number of hydrogen-bond acceptors (Lipinski definition) is 2. The average Bonchev–Trinajstić information content (AvgIpc) is 2.70. The number of carbonyl (C=O) groups excluding carboxylic acids is 1. The summed E-state index contributed by atoms with van der Waals surface area (Å²) in [6.07, 6.45) is 0. The van der Waals surface area contributed by atoms with Crippen molar-refractivity contribution in [1.29, 1.82) is 0 Å². The molecule has 0 aliphatic carbocycles. The van der Waals surface area contributed by atoms with Gasteiger partial charge in [0.05, 0.1) is 10.7 Å². The molecule has 0 fully saturated rings. The van der Waals surface area contributed by atoms with E-state index in [1.807, 2.05) is 0 Å². The maximum Gasteiger partial charge on any atom is 0.291 e. The largest absolute Gasteiger partial charge is 0.440 e. The number of anilines is 1. The van der Waals surface area contributed by atoms with Gasteiger partial charge in [-0.15, -0.1) is 0 Å². The van der Waals surface area contributed by atoms with Crippen molar-refractivity contribution in [1.82, 2.24) is 0 Å². The average molecular weight is 291 g/mol. The molecule has 2 rings (SSSR count). The van der Waals surface area contributed by atoms with Crippen molar-refractivity contribution >= 4 is 46.4 Å². The molecule has 0 aliphatic rings. The second kappa shape index (κ2) is 5.00. The van der Waals surface area contributed by atoms with Crippen molar-refractivity contribution in [3.8, 4) is 0 Å². The van der Waals surface area contributed by atoms with E-state index >= 15 is 0 Å². The summed E-state index contributed by atoms with van der Waals surface area (Å²) in [5.74, 6) is -0.341. The standard InChI is InChI=1S/C11H6Cl3NO2/c12-6-1-2-7(13)8(5-6)15-11(16)9-3-4-10(14)17-9/h1-5H,(H,15,16). The lowest BCUT2D eigenvalue weighted by Crippen LogP contribution is -2.11. The number of carbonyl (C=O) groups is 1. The van der Waals surface area contributed by atoms with Gasteiger partial charge in [-0.25, -0.2) is 0 Å². The lowest BCUT2D eigenvalue weighted by atomic mass is 10.3. The molecule has 0 saturated carbocycles. The highest BCUT2D eigenvalue weighted by Crippen LogP contribution is 2.26. The summed E-state index contributed by atoms with van der Waals surface area (Å²) in [4.78, 5) is 11.7. The fraction of sp³-hybridized carbons (Fsp3) is 0. The summed E-state index contributed by atoms with van der Waals surface area (Å²) < 4.78 is 4.96. The Balaban J connectivity index is 2.21. The van der Waals surface area contributed by atoms with Crippen LogP contribution < -0.4 is 5.32 Å². The molecule has 3 nitrogen and oxygen atoms in total. The van der Waals surface area contributed by atoms with Crippen LogP contribution in [0.25, 0.3) is 0 Å². The Bertz CT molecular complexity index is 566. The smallest absolute Gasteiger partial charge is 0.291 e. The first kappa shape index (κ1) is 12.3. The number of nitrogens with one attached hydrogen (secondary N) is 1. The minimum Gasteiger partial charge on any atom is -0.440 e. The quantitative estimate of drug-likeness (QED) is 0.885. The molecule has 6 heteroatoms. The fourth-order valence-corrected chi connectivity index (χ4v) is 1.70. The second-order valence-corrected chi connectivity index (χ2v) is 4.40. The minimum absolute atomic E-state index is 0.103. The molecule has 1 aromatic heterocycles. The molecule has 0 spiro atoms. The summed E-state index contributed by atoms with van der Waals surface area (Å²) in [5, 5.41) is 3.58. The van der Waals surface area contributed by atoms with E-state index in [1.54, 1.807) is 18.2 Å². The lowest BCUT2D eigenvalue weighted by Gasteiger charge is -2.05. The third-order valence-electron chi connectivity index (χ3n) is 1.97. The molecular formula is C11H6Cl3NO2. The molecule has 0 bridgehead atoms. The number of rotatable bonds is 2. The number of furan rings is 1. The SMILES string of the molecule is O=C(Nc1cc(Cl)ccc1Cl)c1ccc(Cl)o1. The highest BCUT2D eigenvalue weighted by atomic mass is 35.5. The van der Waals surface area contributed by atoms with Crippen molar-refractivity contribution in [3.63, 3.8) is 0 Å². The monoisotopic (exact) mass is 289 g/mol. The van der Waals surface area contributed by atoms with Gasteiger partial charge < -0.3 is 9.73 Å². The Morgan fingerprint density at radius 3 is 2.53 bits per heavy atom. The molecule has 1 heterocycles. The molecule has 0 saturated heterocycles. The van der Waals surface area contributed by atoms with Gasteiger partial charge in [0.15, 0.2) is 11.0 Å². The van der Waals surface area contributed by atoms with Crippen LogP contribution in [0.1, 0.15) is 10.6 Å². The Morgan fingerprint density at radius 2 is 1.88 bits per heavy atom. The van der Waals surface area contributed by atoms with E-state index in [-0.39, 0.29) is 11.0 Å². The summed E-state index contributed by atoms with van der Waals surface area (Å²) in [6, 6.07) is 7.72. The summed E-state index contributed by atoms with van der Waals surface area (Å²) in [7, 11) is 0. The first-order valence-electron chi connectivity index (χ1n) is 4.58. The predicted molar refractivity (Wildman–Crippen MR) is 68.1 cm³/mol. The van der Waals surface area contributed by atoms with Gasteiger partial charge in [-0.2, -0.15) is 0 Å². The number of amides is 1. The Kier molecular flexibility index (Phi) is 3.62. The van der Waals surface area contributed by atoms with Gasteiger partial charge in [0, 0.05) is 5.02 Å². The van der Waals surface area contributed by atoms with Crippen LogP contribution in [0, 0.1) is 0 Å². The molecule has 1 aromatic carbocycles. The topological polar surface area (TPSA) is 42.2 Å². The molecule has 17 heavy (non-hydrogen) atoms. The highest BCUT2D eigenvalue weighted by Gasteiger charge is 2.12. The van der Waals surface area contributed by atoms with Crippen LogP contribution in [0.3, 0.4) is 0 Å². The summed E-state index contributed by atoms with van der Waals surface area (Å²) >= 11 is 17.3. The van der Waals surface area contributed by atoms with E-state index in [0.29, 0.717) is 15.7 Å². The lowest BCUT2D eigenvalue weighted by molar-refractivity contribution is 0.0997. The van der Waals surface area contributed by atoms with Crippen LogP contribution in [0.5, 0.6) is 0 Å². The van der Waals surface area contributed by atoms with Crippen LogP contribution in [-0.2, 0) is 0 Å². The highest BCUT2D eigenvalue weighted by molar-refractivity contribution is 6.35. The third kappa shape index (κ3) is 2.94. The second-order valence-electron chi connectivity index (χ2n) is 3.18. The van der Waals surface area contributed by atoms with Crippen molar-refractivity contribution in [2.75, 3.05) is 5.32 Å². The molecule has 0 aliphatic heterocycles. The van der Waals surface area contributed by atoms with Crippen molar-refractivity contribution in [3.05, 3.63) is 51.4 Å². The van der Waals surface area contributed by atoms with E-state index in [2.05, 4.69) is 5.32 Å². The van der Waals surface area contributed by atoms with Crippen LogP contribution in [0.2, 0.25) is 15.3 Å².